The summed E-state index contributed by atoms with van der Waals surface area (Å²) in [6.45, 7) is 3.17. The van der Waals surface area contributed by atoms with Gasteiger partial charge in [-0.05, 0) is 32.9 Å². The maximum atomic E-state index is 4.75. The predicted molar refractivity (Wildman–Crippen MR) is 79.1 cm³/mol. The van der Waals surface area contributed by atoms with Crippen LogP contribution in [0.25, 0.3) is 0 Å². The third kappa shape index (κ3) is 3.58. The SMILES string of the molecule is CC(CBr)N(C)Cc1ccn(C2CCCCC2)n1. The van der Waals surface area contributed by atoms with Crippen LogP contribution in [-0.4, -0.2) is 33.1 Å². The first-order valence-electron chi connectivity index (χ1n) is 7.01. The van der Waals surface area contributed by atoms with E-state index in [9.17, 15) is 0 Å². The van der Waals surface area contributed by atoms with Gasteiger partial charge in [0.2, 0.25) is 0 Å². The third-order valence-corrected chi connectivity index (χ3v) is 4.94. The van der Waals surface area contributed by atoms with E-state index in [0.717, 1.165) is 11.9 Å². The largest absolute Gasteiger partial charge is 0.297 e. The molecule has 2 rings (SSSR count). The lowest BCUT2D eigenvalue weighted by molar-refractivity contribution is 0.263. The Hall–Kier alpha value is -0.350. The molecule has 0 bridgehead atoms. The second-order valence-corrected chi connectivity index (χ2v) is 6.14. The van der Waals surface area contributed by atoms with Crippen LogP contribution in [-0.2, 0) is 6.54 Å². The van der Waals surface area contributed by atoms with E-state index in [1.807, 2.05) is 0 Å². The second kappa shape index (κ2) is 6.71. The molecule has 0 radical (unpaired) electrons. The van der Waals surface area contributed by atoms with Crippen LogP contribution in [0.15, 0.2) is 12.3 Å². The molecular formula is C14H24BrN3. The molecule has 0 amide bonds. The average Bonchev–Trinajstić information content (AvgIpc) is 2.87. The lowest BCUT2D eigenvalue weighted by atomic mass is 9.96. The third-order valence-electron chi connectivity index (χ3n) is 4.00. The summed E-state index contributed by atoms with van der Waals surface area (Å²) >= 11 is 3.53. The minimum absolute atomic E-state index is 0.546. The van der Waals surface area contributed by atoms with Crippen molar-refractivity contribution in [2.45, 2.75) is 57.7 Å². The molecule has 0 aromatic carbocycles. The quantitative estimate of drug-likeness (QED) is 0.774. The molecule has 1 aliphatic carbocycles. The van der Waals surface area contributed by atoms with E-state index in [1.54, 1.807) is 0 Å². The van der Waals surface area contributed by atoms with Crippen molar-refractivity contribution in [3.63, 3.8) is 0 Å². The highest BCUT2D eigenvalue weighted by molar-refractivity contribution is 9.09. The highest BCUT2D eigenvalue weighted by Gasteiger charge is 2.16. The number of hydrogen-bond donors (Lipinski definition) is 0. The molecule has 1 fully saturated rings. The molecule has 18 heavy (non-hydrogen) atoms. The van der Waals surface area contributed by atoms with Gasteiger partial charge >= 0.3 is 0 Å². The summed E-state index contributed by atoms with van der Waals surface area (Å²) in [5.41, 5.74) is 1.19. The number of halogens is 1. The zero-order chi connectivity index (χ0) is 13.0. The molecule has 0 saturated heterocycles. The van der Waals surface area contributed by atoms with Gasteiger partial charge in [0.05, 0.1) is 11.7 Å². The topological polar surface area (TPSA) is 21.1 Å². The Morgan fingerprint density at radius 3 is 2.83 bits per heavy atom. The molecule has 0 spiro atoms. The highest BCUT2D eigenvalue weighted by Crippen LogP contribution is 2.27. The van der Waals surface area contributed by atoms with Crippen LogP contribution in [0.1, 0.15) is 50.8 Å². The van der Waals surface area contributed by atoms with Gasteiger partial charge in [0.15, 0.2) is 0 Å². The van der Waals surface area contributed by atoms with Gasteiger partial charge in [0.1, 0.15) is 0 Å². The van der Waals surface area contributed by atoms with E-state index >= 15 is 0 Å². The number of rotatable bonds is 5. The van der Waals surface area contributed by atoms with E-state index in [-0.39, 0.29) is 0 Å². The first kappa shape index (κ1) is 14.1. The first-order valence-corrected chi connectivity index (χ1v) is 8.13. The van der Waals surface area contributed by atoms with Crippen molar-refractivity contribution >= 4 is 15.9 Å². The Morgan fingerprint density at radius 1 is 1.44 bits per heavy atom. The maximum absolute atomic E-state index is 4.75. The second-order valence-electron chi connectivity index (χ2n) is 5.50. The van der Waals surface area contributed by atoms with Crippen molar-refractivity contribution in [2.24, 2.45) is 0 Å². The Balaban J connectivity index is 1.93. The van der Waals surface area contributed by atoms with Crippen molar-refractivity contribution in [1.29, 1.82) is 0 Å². The van der Waals surface area contributed by atoms with Crippen LogP contribution in [0.3, 0.4) is 0 Å². The Morgan fingerprint density at radius 2 is 2.17 bits per heavy atom. The van der Waals surface area contributed by atoms with Gasteiger partial charge in [-0.25, -0.2) is 0 Å². The first-order chi connectivity index (χ1) is 8.70. The van der Waals surface area contributed by atoms with Crippen molar-refractivity contribution in [3.05, 3.63) is 18.0 Å². The van der Waals surface area contributed by atoms with Crippen LogP contribution in [0.4, 0.5) is 0 Å². The summed E-state index contributed by atoms with van der Waals surface area (Å²) in [7, 11) is 2.16. The van der Waals surface area contributed by atoms with Crippen molar-refractivity contribution in [1.82, 2.24) is 14.7 Å². The Bertz CT molecular complexity index is 358. The molecule has 4 heteroatoms. The summed E-state index contributed by atoms with van der Waals surface area (Å²) in [6.07, 6.45) is 8.89. The zero-order valence-corrected chi connectivity index (χ0v) is 13.1. The molecule has 1 unspecified atom stereocenters. The molecule has 1 aliphatic rings. The summed E-state index contributed by atoms with van der Waals surface area (Å²) in [6, 6.07) is 3.36. The normalized spacial score (nSPS) is 19.3. The fourth-order valence-electron chi connectivity index (χ4n) is 2.54. The molecule has 1 atom stereocenters. The van der Waals surface area contributed by atoms with Crippen LogP contribution < -0.4 is 0 Å². The smallest absolute Gasteiger partial charge is 0.0764 e. The van der Waals surface area contributed by atoms with Gasteiger partial charge in [-0.2, -0.15) is 5.10 Å². The molecule has 1 heterocycles. The number of nitrogens with zero attached hydrogens (tertiary/aromatic N) is 3. The van der Waals surface area contributed by atoms with Gasteiger partial charge in [0, 0.05) is 24.1 Å². The van der Waals surface area contributed by atoms with Gasteiger partial charge in [0.25, 0.3) is 0 Å². The maximum Gasteiger partial charge on any atom is 0.0764 e. The number of aromatic nitrogens is 2. The van der Waals surface area contributed by atoms with Crippen LogP contribution >= 0.6 is 15.9 Å². The minimum atomic E-state index is 0.546. The highest BCUT2D eigenvalue weighted by atomic mass is 79.9. The molecule has 0 aliphatic heterocycles. The van der Waals surface area contributed by atoms with E-state index in [0.29, 0.717) is 12.1 Å². The van der Waals surface area contributed by atoms with E-state index in [1.165, 1.54) is 37.8 Å². The summed E-state index contributed by atoms with van der Waals surface area (Å²) < 4.78 is 2.20. The van der Waals surface area contributed by atoms with Crippen LogP contribution in [0.2, 0.25) is 0 Å². The van der Waals surface area contributed by atoms with Crippen molar-refractivity contribution < 1.29 is 0 Å². The van der Waals surface area contributed by atoms with Gasteiger partial charge in [-0.1, -0.05) is 35.2 Å². The fraction of sp³-hybridized carbons (Fsp3) is 0.786. The monoisotopic (exact) mass is 313 g/mol. The minimum Gasteiger partial charge on any atom is -0.297 e. The molecular weight excluding hydrogens is 290 g/mol. The van der Waals surface area contributed by atoms with Crippen molar-refractivity contribution in [3.8, 4) is 0 Å². The van der Waals surface area contributed by atoms with Crippen LogP contribution in [0, 0.1) is 0 Å². The summed E-state index contributed by atoms with van der Waals surface area (Å²) in [5, 5.41) is 5.76. The Labute approximate surface area is 119 Å². The predicted octanol–water partition coefficient (Wildman–Crippen LogP) is 3.60. The zero-order valence-electron chi connectivity index (χ0n) is 11.5. The summed E-state index contributed by atoms with van der Waals surface area (Å²) in [5.74, 6) is 0. The van der Waals surface area contributed by atoms with Crippen LogP contribution in [0.5, 0.6) is 0 Å². The number of hydrogen-bond acceptors (Lipinski definition) is 2. The average molecular weight is 314 g/mol. The van der Waals surface area contributed by atoms with Gasteiger partial charge < -0.3 is 0 Å². The standard InChI is InChI=1S/C14H24BrN3/c1-12(10-15)17(2)11-13-8-9-18(16-13)14-6-4-3-5-7-14/h8-9,12,14H,3-7,10-11H2,1-2H3. The molecule has 3 nitrogen and oxygen atoms in total. The number of alkyl halides is 1. The lowest BCUT2D eigenvalue weighted by Gasteiger charge is -2.23. The van der Waals surface area contributed by atoms with E-state index < -0.39 is 0 Å². The van der Waals surface area contributed by atoms with E-state index in [4.69, 9.17) is 5.10 Å². The fourth-order valence-corrected chi connectivity index (χ4v) is 3.03. The van der Waals surface area contributed by atoms with Crippen molar-refractivity contribution in [2.75, 3.05) is 12.4 Å². The lowest BCUT2D eigenvalue weighted by Crippen LogP contribution is -2.30. The van der Waals surface area contributed by atoms with Gasteiger partial charge in [-0.15, -0.1) is 0 Å². The molecule has 1 saturated carbocycles. The molecule has 0 N–H and O–H groups in total. The molecule has 102 valence electrons. The molecule has 1 aromatic rings. The van der Waals surface area contributed by atoms with E-state index in [2.05, 4.69) is 51.7 Å². The Kier molecular flexibility index (Phi) is 5.25. The summed E-state index contributed by atoms with van der Waals surface area (Å²) in [4.78, 5) is 2.34. The van der Waals surface area contributed by atoms with Gasteiger partial charge in [-0.3, -0.25) is 9.58 Å². The molecule has 1 aromatic heterocycles.